The molecule has 3 aliphatic rings. The van der Waals surface area contributed by atoms with Gasteiger partial charge >= 0.3 is 0 Å². The van der Waals surface area contributed by atoms with Crippen LogP contribution >= 0.6 is 0 Å². The number of ether oxygens (including phenoxy) is 1. The van der Waals surface area contributed by atoms with Gasteiger partial charge in [-0.3, -0.25) is 4.79 Å². The average molecular weight is 294 g/mol. The SMILES string of the molecule is Cc1ccc2c(c1)C(=O)CC1(CCC3C=CC=CC3CC1)O2. The number of hydrogen-bond donors (Lipinski definition) is 0. The molecular formula is C20H22O2. The van der Waals surface area contributed by atoms with E-state index in [4.69, 9.17) is 4.74 Å². The van der Waals surface area contributed by atoms with Crippen LogP contribution in [0.3, 0.4) is 0 Å². The summed E-state index contributed by atoms with van der Waals surface area (Å²) in [6.07, 6.45) is 13.7. The third kappa shape index (κ3) is 2.31. The van der Waals surface area contributed by atoms with Crippen LogP contribution in [0.25, 0.3) is 0 Å². The summed E-state index contributed by atoms with van der Waals surface area (Å²) < 4.78 is 6.40. The van der Waals surface area contributed by atoms with E-state index in [-0.39, 0.29) is 11.4 Å². The Hall–Kier alpha value is -1.83. The van der Waals surface area contributed by atoms with E-state index in [1.165, 1.54) is 0 Å². The van der Waals surface area contributed by atoms with E-state index in [0.29, 0.717) is 18.3 Å². The molecular weight excluding hydrogens is 272 g/mol. The normalized spacial score (nSPS) is 33.0. The van der Waals surface area contributed by atoms with Gasteiger partial charge in [0.05, 0.1) is 12.0 Å². The Morgan fingerprint density at radius 3 is 2.45 bits per heavy atom. The maximum atomic E-state index is 12.6. The molecule has 22 heavy (non-hydrogen) atoms. The number of carbonyl (C=O) groups is 1. The van der Waals surface area contributed by atoms with Gasteiger partial charge < -0.3 is 4.74 Å². The van der Waals surface area contributed by atoms with Crippen molar-refractivity contribution in [3.63, 3.8) is 0 Å². The van der Waals surface area contributed by atoms with Crippen molar-refractivity contribution in [1.82, 2.24) is 0 Å². The Balaban J connectivity index is 1.63. The number of fused-ring (bicyclic) bond motifs is 2. The minimum absolute atomic E-state index is 0.251. The van der Waals surface area contributed by atoms with Crippen LogP contribution in [0.1, 0.15) is 48.0 Å². The molecule has 1 saturated carbocycles. The molecule has 1 aliphatic heterocycles. The monoisotopic (exact) mass is 294 g/mol. The lowest BCUT2D eigenvalue weighted by molar-refractivity contribution is 0.0290. The van der Waals surface area contributed by atoms with Gasteiger partial charge in [-0.15, -0.1) is 0 Å². The summed E-state index contributed by atoms with van der Waals surface area (Å²) in [7, 11) is 0. The summed E-state index contributed by atoms with van der Waals surface area (Å²) in [6.45, 7) is 2.02. The third-order valence-corrected chi connectivity index (χ3v) is 5.49. The second kappa shape index (κ2) is 5.12. The van der Waals surface area contributed by atoms with Crippen LogP contribution < -0.4 is 4.74 Å². The number of carbonyl (C=O) groups excluding carboxylic acids is 1. The molecule has 114 valence electrons. The second-order valence-corrected chi connectivity index (χ2v) is 7.06. The standard InChI is InChI=1S/C20H22O2/c1-14-6-7-19-17(12-14)18(21)13-20(22-19)10-8-15-4-2-3-5-16(15)9-11-20/h2-7,12,15-16H,8-11,13H2,1H3. The number of rotatable bonds is 0. The van der Waals surface area contributed by atoms with E-state index in [2.05, 4.69) is 24.3 Å². The third-order valence-electron chi connectivity index (χ3n) is 5.49. The minimum atomic E-state index is -0.279. The smallest absolute Gasteiger partial charge is 0.170 e. The van der Waals surface area contributed by atoms with E-state index >= 15 is 0 Å². The molecule has 1 aromatic carbocycles. The largest absolute Gasteiger partial charge is 0.486 e. The Bertz CT molecular complexity index is 646. The first-order chi connectivity index (χ1) is 10.7. The van der Waals surface area contributed by atoms with Crippen molar-refractivity contribution in [2.75, 3.05) is 0 Å². The highest BCUT2D eigenvalue weighted by molar-refractivity contribution is 6.00. The van der Waals surface area contributed by atoms with Crippen molar-refractivity contribution >= 4 is 5.78 Å². The van der Waals surface area contributed by atoms with Crippen LogP contribution in [0, 0.1) is 18.8 Å². The van der Waals surface area contributed by atoms with Crippen molar-refractivity contribution in [3.8, 4) is 5.75 Å². The highest BCUT2D eigenvalue weighted by atomic mass is 16.5. The summed E-state index contributed by atoms with van der Waals surface area (Å²) in [5.74, 6) is 2.27. The maximum Gasteiger partial charge on any atom is 0.170 e. The van der Waals surface area contributed by atoms with Gasteiger partial charge in [-0.05, 0) is 56.6 Å². The molecule has 2 nitrogen and oxygen atoms in total. The van der Waals surface area contributed by atoms with Gasteiger partial charge in [0.15, 0.2) is 5.78 Å². The molecule has 4 rings (SSSR count). The van der Waals surface area contributed by atoms with E-state index < -0.39 is 0 Å². The van der Waals surface area contributed by atoms with Crippen LogP contribution in [0.2, 0.25) is 0 Å². The van der Waals surface area contributed by atoms with Gasteiger partial charge in [0.25, 0.3) is 0 Å². The predicted molar refractivity (Wildman–Crippen MR) is 87.2 cm³/mol. The lowest BCUT2D eigenvalue weighted by atomic mass is 9.83. The Morgan fingerprint density at radius 1 is 1.09 bits per heavy atom. The summed E-state index contributed by atoms with van der Waals surface area (Å²) in [6, 6.07) is 5.97. The quantitative estimate of drug-likeness (QED) is 0.697. The molecule has 1 aromatic rings. The number of ketones is 1. The summed E-state index contributed by atoms with van der Waals surface area (Å²) in [4.78, 5) is 12.6. The molecule has 2 unspecified atom stereocenters. The summed E-state index contributed by atoms with van der Waals surface area (Å²) in [5.41, 5.74) is 1.61. The molecule has 1 heterocycles. The highest BCUT2D eigenvalue weighted by Gasteiger charge is 2.43. The Kier molecular flexibility index (Phi) is 3.21. The zero-order chi connectivity index (χ0) is 15.2. The molecule has 0 N–H and O–H groups in total. The van der Waals surface area contributed by atoms with Crippen molar-refractivity contribution in [3.05, 3.63) is 53.6 Å². The fourth-order valence-electron chi connectivity index (χ4n) is 4.19. The number of aryl methyl sites for hydroxylation is 1. The summed E-state index contributed by atoms with van der Waals surface area (Å²) in [5, 5.41) is 0. The van der Waals surface area contributed by atoms with Crippen LogP contribution in [-0.2, 0) is 0 Å². The average Bonchev–Trinajstić information content (AvgIpc) is 2.69. The van der Waals surface area contributed by atoms with Crippen molar-refractivity contribution < 1.29 is 9.53 Å². The number of allylic oxidation sites excluding steroid dienone is 4. The van der Waals surface area contributed by atoms with E-state index in [1.807, 2.05) is 25.1 Å². The van der Waals surface area contributed by atoms with E-state index in [0.717, 1.165) is 42.6 Å². The number of hydrogen-bond acceptors (Lipinski definition) is 2. The number of Topliss-reactive ketones (excluding diaryl/α,β-unsaturated/α-hetero) is 1. The van der Waals surface area contributed by atoms with Crippen molar-refractivity contribution in [2.45, 2.75) is 44.6 Å². The maximum absolute atomic E-state index is 12.6. The zero-order valence-electron chi connectivity index (χ0n) is 13.0. The minimum Gasteiger partial charge on any atom is -0.486 e. The topological polar surface area (TPSA) is 26.3 Å². The van der Waals surface area contributed by atoms with Crippen LogP contribution in [0.15, 0.2) is 42.5 Å². The predicted octanol–water partition coefficient (Wildman–Crippen LogP) is 4.63. The molecule has 0 amide bonds. The summed E-state index contributed by atoms with van der Waals surface area (Å²) >= 11 is 0. The first kappa shape index (κ1) is 13.8. The fourth-order valence-corrected chi connectivity index (χ4v) is 4.19. The van der Waals surface area contributed by atoms with Gasteiger partial charge in [0.1, 0.15) is 11.4 Å². The molecule has 1 spiro atoms. The molecule has 0 aromatic heterocycles. The fraction of sp³-hybridized carbons (Fsp3) is 0.450. The highest BCUT2D eigenvalue weighted by Crippen LogP contribution is 2.44. The lowest BCUT2D eigenvalue weighted by Crippen LogP contribution is -2.41. The van der Waals surface area contributed by atoms with Crippen LogP contribution in [-0.4, -0.2) is 11.4 Å². The molecule has 2 aliphatic carbocycles. The van der Waals surface area contributed by atoms with Crippen LogP contribution in [0.5, 0.6) is 5.75 Å². The number of benzene rings is 1. The molecule has 2 heteroatoms. The van der Waals surface area contributed by atoms with Gasteiger partial charge in [-0.25, -0.2) is 0 Å². The molecule has 0 bridgehead atoms. The lowest BCUT2D eigenvalue weighted by Gasteiger charge is -2.37. The molecule has 0 saturated heterocycles. The van der Waals surface area contributed by atoms with Gasteiger partial charge in [-0.2, -0.15) is 0 Å². The Morgan fingerprint density at radius 2 is 1.77 bits per heavy atom. The first-order valence-corrected chi connectivity index (χ1v) is 8.33. The van der Waals surface area contributed by atoms with Gasteiger partial charge in [-0.1, -0.05) is 35.9 Å². The van der Waals surface area contributed by atoms with Gasteiger partial charge in [0, 0.05) is 0 Å². The van der Waals surface area contributed by atoms with Gasteiger partial charge in [0.2, 0.25) is 0 Å². The molecule has 0 radical (unpaired) electrons. The zero-order valence-corrected chi connectivity index (χ0v) is 13.0. The van der Waals surface area contributed by atoms with Crippen molar-refractivity contribution in [1.29, 1.82) is 0 Å². The second-order valence-electron chi connectivity index (χ2n) is 7.06. The van der Waals surface area contributed by atoms with E-state index in [1.54, 1.807) is 0 Å². The molecule has 1 fully saturated rings. The Labute approximate surface area is 131 Å². The van der Waals surface area contributed by atoms with Crippen molar-refractivity contribution in [2.24, 2.45) is 11.8 Å². The molecule has 2 atom stereocenters. The van der Waals surface area contributed by atoms with E-state index in [9.17, 15) is 4.79 Å². The van der Waals surface area contributed by atoms with Crippen LogP contribution in [0.4, 0.5) is 0 Å². The first-order valence-electron chi connectivity index (χ1n) is 8.33.